The third-order valence-electron chi connectivity index (χ3n) is 10.6. The summed E-state index contributed by atoms with van der Waals surface area (Å²) < 4.78 is 14.5. The SMILES string of the molecule is CC[C@@H](O)CC#CC1=CCC(N=CN(C)C)=NC1=O.CC[C@H](CC#CC1=CCC(N=CN(C)C)=NC1=O)OP(OCCC#N)N(C(C)C)C(C)C.CN(C)C=NC1=NC(=O)C(C#CC[C@H](O)CO)=CC1.NC1=NC(=O)C(C#CC[C@H](O)CO)=CC1. The quantitative estimate of drug-likeness (QED) is 0.0352. The predicted octanol–water partition coefficient (Wildman–Crippen LogP) is 3.82. The van der Waals surface area contributed by atoms with Crippen LogP contribution in [-0.4, -0.2) is 209 Å². The first-order valence-corrected chi connectivity index (χ1v) is 28.6. The molecule has 0 aromatic carbocycles. The molecule has 0 saturated carbocycles. The second kappa shape index (κ2) is 43.1. The van der Waals surface area contributed by atoms with Crippen LogP contribution in [0.2, 0.25) is 0 Å². The van der Waals surface area contributed by atoms with Crippen molar-refractivity contribution in [3.8, 4) is 53.4 Å². The van der Waals surface area contributed by atoms with Crippen molar-refractivity contribution in [2.24, 2.45) is 40.7 Å². The number of amidine groups is 4. The van der Waals surface area contributed by atoms with Crippen LogP contribution < -0.4 is 5.73 Å². The Bertz CT molecular complexity index is 2800. The topological polar surface area (TPSA) is 337 Å². The van der Waals surface area contributed by atoms with Crippen molar-refractivity contribution in [3.05, 3.63) is 46.6 Å². The van der Waals surface area contributed by atoms with Gasteiger partial charge in [0, 0.05) is 106 Å². The number of aliphatic hydroxyl groups excluding tert-OH is 5. The minimum absolute atomic E-state index is 0.122. The molecular weight excluding hydrogens is 1110 g/mol. The zero-order valence-corrected chi connectivity index (χ0v) is 51.9. The lowest BCUT2D eigenvalue weighted by molar-refractivity contribution is -0.114. The van der Waals surface area contributed by atoms with Crippen LogP contribution in [0.1, 0.15) is 112 Å². The Balaban J connectivity index is 0.000000592. The zero-order chi connectivity index (χ0) is 63.9. The molecule has 1 unspecified atom stereocenters. The molecule has 0 aromatic rings. The van der Waals surface area contributed by atoms with Gasteiger partial charge in [-0.05, 0) is 40.5 Å². The molecule has 4 rings (SSSR count). The van der Waals surface area contributed by atoms with Crippen LogP contribution in [0.4, 0.5) is 0 Å². The molecule has 85 heavy (non-hydrogen) atoms. The van der Waals surface area contributed by atoms with Crippen molar-refractivity contribution in [1.82, 2.24) is 19.4 Å². The fourth-order valence-electron chi connectivity index (χ4n) is 6.25. The molecule has 24 nitrogen and oxygen atoms in total. The fourth-order valence-corrected chi connectivity index (χ4v) is 8.04. The van der Waals surface area contributed by atoms with Crippen LogP contribution in [0, 0.1) is 58.7 Å². The maximum absolute atomic E-state index is 12.2. The lowest BCUT2D eigenvalue weighted by Crippen LogP contribution is -2.34. The van der Waals surface area contributed by atoms with Crippen LogP contribution in [-0.2, 0) is 28.2 Å². The van der Waals surface area contributed by atoms with E-state index in [1.54, 1.807) is 58.0 Å². The number of dihydropyridines is 4. The Morgan fingerprint density at radius 1 is 0.588 bits per heavy atom. The Hall–Kier alpha value is -7.63. The van der Waals surface area contributed by atoms with Crippen molar-refractivity contribution in [2.75, 3.05) is 62.1 Å². The molecular formula is C60H84N13O11P. The second-order valence-corrected chi connectivity index (χ2v) is 21.2. The van der Waals surface area contributed by atoms with Gasteiger partial charge >= 0.3 is 0 Å². The lowest BCUT2D eigenvalue weighted by Gasteiger charge is -2.37. The van der Waals surface area contributed by atoms with Gasteiger partial charge in [-0.25, -0.2) is 19.6 Å². The van der Waals surface area contributed by atoms with Crippen LogP contribution in [0.3, 0.4) is 0 Å². The number of carbonyl (C=O) groups excluding carboxylic acids is 4. The first kappa shape index (κ1) is 75.4. The lowest BCUT2D eigenvalue weighted by atomic mass is 10.1. The number of rotatable bonds is 19. The first-order valence-electron chi connectivity index (χ1n) is 27.5. The van der Waals surface area contributed by atoms with Crippen molar-refractivity contribution in [1.29, 1.82) is 5.26 Å². The van der Waals surface area contributed by atoms with E-state index in [-0.39, 0.29) is 67.5 Å². The largest absolute Gasteiger partial charge is 0.394 e. The molecule has 25 heteroatoms. The van der Waals surface area contributed by atoms with Crippen molar-refractivity contribution < 1.29 is 53.8 Å². The monoisotopic (exact) mass is 1190 g/mol. The van der Waals surface area contributed by atoms with E-state index >= 15 is 0 Å². The molecule has 0 radical (unpaired) electrons. The second-order valence-electron chi connectivity index (χ2n) is 19.8. The van der Waals surface area contributed by atoms with Gasteiger partial charge in [0.25, 0.3) is 32.2 Å². The molecule has 0 saturated heterocycles. The van der Waals surface area contributed by atoms with Gasteiger partial charge < -0.3 is 55.0 Å². The van der Waals surface area contributed by atoms with Crippen LogP contribution in [0.5, 0.6) is 0 Å². The summed E-state index contributed by atoms with van der Waals surface area (Å²) in [5.74, 6) is 22.1. The molecule has 460 valence electrons. The van der Waals surface area contributed by atoms with Gasteiger partial charge in [-0.2, -0.15) is 25.2 Å². The van der Waals surface area contributed by atoms with Crippen LogP contribution >= 0.6 is 8.53 Å². The van der Waals surface area contributed by atoms with Gasteiger partial charge in [-0.3, -0.25) is 19.2 Å². The van der Waals surface area contributed by atoms with Gasteiger partial charge in [-0.15, -0.1) is 0 Å². The summed E-state index contributed by atoms with van der Waals surface area (Å²) in [5, 5.41) is 53.5. The Morgan fingerprint density at radius 2 is 0.941 bits per heavy atom. The highest BCUT2D eigenvalue weighted by atomic mass is 31.2. The molecule has 0 fully saturated rings. The number of carbonyl (C=O) groups is 4. The average Bonchev–Trinajstić information content (AvgIpc) is 3.50. The summed E-state index contributed by atoms with van der Waals surface area (Å²) in [6, 6.07) is 2.58. The first-order chi connectivity index (χ1) is 40.4. The van der Waals surface area contributed by atoms with E-state index in [1.807, 2.05) is 56.1 Å². The van der Waals surface area contributed by atoms with E-state index in [9.17, 15) is 24.3 Å². The highest BCUT2D eigenvalue weighted by Gasteiger charge is 2.29. The molecule has 4 aliphatic rings. The minimum atomic E-state index is -1.32. The molecule has 7 N–H and O–H groups in total. The van der Waals surface area contributed by atoms with Gasteiger partial charge in [0.1, 0.15) is 23.3 Å². The minimum Gasteiger partial charge on any atom is -0.394 e. The maximum Gasteiger partial charge on any atom is 0.286 e. The molecule has 0 aliphatic carbocycles. The standard InChI is InChI=1S/C23H36N5O3P.C14H19N3O2.C13H17N3O3.C10H12N2O3/c1-8-21(31-32(30-16-10-15-24)28(18(2)3)19(4)5)12-9-11-20-13-14-22(26-23(20)29)25-17-27(6)7;1-4-12(18)7-5-6-11-8-9-13(16-14(11)19)15-10-17(2)3;1-16(2)9-14-12-7-6-10(13(19)15-12)4-3-5-11(18)8-17;11-9-5-4-7(10(15)12-9)2-1-3-8(14)6-13/h13,17-19,21H,8,10,12,14,16H2,1-7H3;8,10,12,18H,4,7,9H2,1-3H3;6,9,11,17-18H,5,7-8H2,1-2H3;4,8,13-14H,3,5-6H2,(H2,11,12,15)/t21-,32?;12-;11-;8-/m1100/s1. The number of amides is 4. The van der Waals surface area contributed by atoms with E-state index in [2.05, 4.69) is 121 Å². The molecule has 0 spiro atoms. The summed E-state index contributed by atoms with van der Waals surface area (Å²) in [7, 11) is 9.74. The highest BCUT2D eigenvalue weighted by Crippen LogP contribution is 2.47. The van der Waals surface area contributed by atoms with E-state index in [0.717, 1.165) is 6.42 Å². The predicted molar refractivity (Wildman–Crippen MR) is 334 cm³/mol. The molecule has 0 aromatic heterocycles. The average molecular weight is 1190 g/mol. The van der Waals surface area contributed by atoms with Gasteiger partial charge in [0.05, 0.1) is 98.0 Å². The van der Waals surface area contributed by atoms with Gasteiger partial charge in [0.2, 0.25) is 0 Å². The van der Waals surface area contributed by atoms with Gasteiger partial charge in [0.15, 0.2) is 0 Å². The third-order valence-corrected chi connectivity index (χ3v) is 12.8. The van der Waals surface area contributed by atoms with E-state index in [4.69, 9.17) is 40.5 Å². The number of hydrogen-bond acceptors (Lipinski definition) is 17. The number of nitrogens with two attached hydrogens (primary N) is 1. The van der Waals surface area contributed by atoms with E-state index < -0.39 is 38.7 Å². The molecule has 4 amide bonds. The number of aliphatic hydroxyl groups is 5. The fraction of sp³-hybridized carbons (Fsp3) is 0.533. The molecule has 4 aliphatic heterocycles. The van der Waals surface area contributed by atoms with Crippen molar-refractivity contribution >= 4 is 74.5 Å². The van der Waals surface area contributed by atoms with E-state index in [1.165, 1.54) is 0 Å². The summed E-state index contributed by atoms with van der Waals surface area (Å²) in [5.41, 5.74) is 6.71. The normalized spacial score (nSPS) is 16.5. The van der Waals surface area contributed by atoms with E-state index in [0.29, 0.717) is 92.2 Å². The van der Waals surface area contributed by atoms with Gasteiger partial charge in [-0.1, -0.05) is 85.5 Å². The summed E-state index contributed by atoms with van der Waals surface area (Å²) in [6.07, 6.45) is 13.9. The molecule has 4 heterocycles. The number of aliphatic imine (C=N–C) groups is 7. The summed E-state index contributed by atoms with van der Waals surface area (Å²) >= 11 is 0. The Kier molecular flexibility index (Phi) is 38.2. The molecule has 0 bridgehead atoms. The summed E-state index contributed by atoms with van der Waals surface area (Å²) in [6.45, 7) is 12.0. The van der Waals surface area contributed by atoms with Crippen molar-refractivity contribution in [2.45, 2.75) is 149 Å². The maximum atomic E-state index is 12.2. The Morgan fingerprint density at radius 3 is 1.25 bits per heavy atom. The van der Waals surface area contributed by atoms with Crippen LogP contribution in [0.15, 0.2) is 81.5 Å². The highest BCUT2D eigenvalue weighted by molar-refractivity contribution is 7.44. The summed E-state index contributed by atoms with van der Waals surface area (Å²) in [4.78, 5) is 79.6. The number of hydrogen-bond donors (Lipinski definition) is 6. The number of nitrogens with zero attached hydrogens (tertiary/aromatic N) is 12. The number of nitriles is 1. The van der Waals surface area contributed by atoms with Crippen LogP contribution in [0.25, 0.3) is 0 Å². The zero-order valence-electron chi connectivity index (χ0n) is 51.0. The smallest absolute Gasteiger partial charge is 0.286 e. The Labute approximate surface area is 502 Å². The third kappa shape index (κ3) is 33.5. The molecule has 5 atom stereocenters. The van der Waals surface area contributed by atoms with Crippen molar-refractivity contribution in [3.63, 3.8) is 0 Å².